The second-order valence-electron chi connectivity index (χ2n) is 5.38. The molecule has 1 aromatic carbocycles. The minimum absolute atomic E-state index is 0. The zero-order valence-electron chi connectivity index (χ0n) is 14.0. The predicted octanol–water partition coefficient (Wildman–Crippen LogP) is 3.31. The first kappa shape index (κ1) is 19.5. The molecule has 0 atom stereocenters. The van der Waals surface area contributed by atoms with E-state index >= 15 is 0 Å². The second-order valence-corrected chi connectivity index (χ2v) is 5.38. The monoisotopic (exact) mass is 427 g/mol. The van der Waals surface area contributed by atoms with E-state index in [1.807, 2.05) is 41.9 Å². The van der Waals surface area contributed by atoms with Crippen LogP contribution in [0.15, 0.2) is 35.3 Å². The van der Waals surface area contributed by atoms with Crippen LogP contribution in [0.1, 0.15) is 36.7 Å². The number of hydrogen-bond donors (Lipinski definition) is 2. The van der Waals surface area contributed by atoms with E-state index in [2.05, 4.69) is 29.3 Å². The number of guanidine groups is 1. The lowest BCUT2D eigenvalue weighted by Crippen LogP contribution is -2.32. The van der Waals surface area contributed by atoms with Gasteiger partial charge >= 0.3 is 0 Å². The lowest BCUT2D eigenvalue weighted by Gasteiger charge is -2.06. The van der Waals surface area contributed by atoms with Crippen LogP contribution in [-0.4, -0.2) is 22.3 Å². The Hall–Kier alpha value is -1.57. The maximum Gasteiger partial charge on any atom is 0.188 e. The molecule has 5 nitrogen and oxygen atoms in total. The van der Waals surface area contributed by atoms with Crippen LogP contribution in [0.5, 0.6) is 0 Å². The van der Waals surface area contributed by atoms with Gasteiger partial charge in [-0.1, -0.05) is 31.5 Å². The molecule has 0 unspecified atom stereocenters. The number of aryl methyl sites for hydroxylation is 1. The van der Waals surface area contributed by atoms with Crippen molar-refractivity contribution >= 4 is 29.9 Å². The zero-order valence-corrected chi connectivity index (χ0v) is 16.4. The zero-order chi connectivity index (χ0) is 15.9. The summed E-state index contributed by atoms with van der Waals surface area (Å²) in [6.45, 7) is 7.65. The maximum absolute atomic E-state index is 5.89. The number of halogens is 1. The molecule has 0 amide bonds. The van der Waals surface area contributed by atoms with Crippen molar-refractivity contribution < 1.29 is 0 Å². The molecule has 2 aromatic rings. The second kappa shape index (κ2) is 9.54. The topological polar surface area (TPSA) is 68.2 Å². The van der Waals surface area contributed by atoms with Crippen molar-refractivity contribution in [2.24, 2.45) is 10.7 Å². The molecule has 0 aliphatic carbocycles. The first-order valence-corrected chi connectivity index (χ1v) is 7.77. The largest absolute Gasteiger partial charge is 0.370 e. The van der Waals surface area contributed by atoms with E-state index in [1.54, 1.807) is 0 Å². The van der Waals surface area contributed by atoms with E-state index in [0.717, 1.165) is 42.0 Å². The van der Waals surface area contributed by atoms with E-state index in [9.17, 15) is 0 Å². The van der Waals surface area contributed by atoms with Crippen LogP contribution < -0.4 is 11.1 Å². The number of nitrogens with zero attached hydrogens (tertiary/aromatic N) is 3. The molecule has 0 fully saturated rings. The Morgan fingerprint density at radius 2 is 1.96 bits per heavy atom. The lowest BCUT2D eigenvalue weighted by atomic mass is 10.2. The minimum atomic E-state index is 0. The Bertz CT molecular complexity index is 634. The first-order valence-electron chi connectivity index (χ1n) is 7.77. The molecule has 0 saturated carbocycles. The predicted molar refractivity (Wildman–Crippen MR) is 107 cm³/mol. The average molecular weight is 427 g/mol. The van der Waals surface area contributed by atoms with Gasteiger partial charge < -0.3 is 11.1 Å². The van der Waals surface area contributed by atoms with Crippen LogP contribution in [0.3, 0.4) is 0 Å². The van der Waals surface area contributed by atoms with Crippen LogP contribution in [0, 0.1) is 13.8 Å². The molecule has 0 radical (unpaired) electrons. The molecule has 1 aromatic heterocycles. The number of nitrogens with one attached hydrogen (secondary N) is 1. The van der Waals surface area contributed by atoms with Gasteiger partial charge in [0.2, 0.25) is 0 Å². The molecule has 0 aliphatic rings. The van der Waals surface area contributed by atoms with Crippen molar-refractivity contribution in [3.63, 3.8) is 0 Å². The number of aromatic nitrogens is 2. The standard InChI is InChI=1S/C17H25N5.HI/c1-4-5-11-19-17(18)20-12-16-13(2)21-22(14(16)3)15-9-7-6-8-10-15;/h6-10H,4-5,11-12H2,1-3H3,(H3,18,19,20);1H. The molecule has 0 bridgehead atoms. The molecule has 3 N–H and O–H groups in total. The summed E-state index contributed by atoms with van der Waals surface area (Å²) in [5.74, 6) is 0.500. The van der Waals surface area contributed by atoms with E-state index in [0.29, 0.717) is 12.5 Å². The Kier molecular flexibility index (Phi) is 8.08. The highest BCUT2D eigenvalue weighted by atomic mass is 127. The Labute approximate surface area is 155 Å². The summed E-state index contributed by atoms with van der Waals surface area (Å²) in [4.78, 5) is 4.42. The summed E-state index contributed by atoms with van der Waals surface area (Å²) in [6.07, 6.45) is 2.24. The third kappa shape index (κ3) is 5.23. The van der Waals surface area contributed by atoms with Gasteiger partial charge in [0.1, 0.15) is 0 Å². The van der Waals surface area contributed by atoms with Gasteiger partial charge in [0.05, 0.1) is 17.9 Å². The van der Waals surface area contributed by atoms with Gasteiger partial charge in [0.25, 0.3) is 0 Å². The van der Waals surface area contributed by atoms with Gasteiger partial charge in [-0.15, -0.1) is 24.0 Å². The van der Waals surface area contributed by atoms with Crippen LogP contribution in [0.2, 0.25) is 0 Å². The molecule has 0 aliphatic heterocycles. The quantitative estimate of drug-likeness (QED) is 0.322. The van der Waals surface area contributed by atoms with Crippen LogP contribution in [-0.2, 0) is 6.54 Å². The number of hydrogen-bond acceptors (Lipinski definition) is 2. The van der Waals surface area contributed by atoms with Crippen LogP contribution in [0.25, 0.3) is 5.69 Å². The maximum atomic E-state index is 5.89. The minimum Gasteiger partial charge on any atom is -0.370 e. The van der Waals surface area contributed by atoms with Crippen molar-refractivity contribution in [3.05, 3.63) is 47.3 Å². The Morgan fingerprint density at radius 3 is 2.61 bits per heavy atom. The van der Waals surface area contributed by atoms with Gasteiger partial charge in [0.15, 0.2) is 5.96 Å². The molecule has 6 heteroatoms. The number of rotatable bonds is 6. The number of unbranched alkanes of at least 4 members (excludes halogenated alkanes) is 1. The third-order valence-electron chi connectivity index (χ3n) is 3.69. The van der Waals surface area contributed by atoms with Crippen LogP contribution >= 0.6 is 24.0 Å². The number of benzene rings is 1. The molecule has 0 spiro atoms. The van der Waals surface area contributed by atoms with Gasteiger partial charge in [0, 0.05) is 17.8 Å². The van der Waals surface area contributed by atoms with Crippen LogP contribution in [0.4, 0.5) is 0 Å². The fraction of sp³-hybridized carbons (Fsp3) is 0.412. The Balaban J connectivity index is 0.00000264. The van der Waals surface area contributed by atoms with Gasteiger partial charge in [-0.05, 0) is 32.4 Å². The molecule has 0 saturated heterocycles. The van der Waals surface area contributed by atoms with E-state index in [4.69, 9.17) is 5.73 Å². The van der Waals surface area contributed by atoms with Crippen molar-refractivity contribution in [2.45, 2.75) is 40.2 Å². The fourth-order valence-corrected chi connectivity index (χ4v) is 2.34. The number of nitrogens with two attached hydrogens (primary N) is 1. The summed E-state index contributed by atoms with van der Waals surface area (Å²) in [7, 11) is 0. The van der Waals surface area contributed by atoms with E-state index < -0.39 is 0 Å². The molecular weight excluding hydrogens is 401 g/mol. The normalized spacial score (nSPS) is 11.2. The number of para-hydroxylation sites is 1. The highest BCUT2D eigenvalue weighted by Crippen LogP contribution is 2.18. The molecule has 126 valence electrons. The lowest BCUT2D eigenvalue weighted by molar-refractivity contribution is 0.748. The fourth-order valence-electron chi connectivity index (χ4n) is 2.34. The Morgan fingerprint density at radius 1 is 1.26 bits per heavy atom. The third-order valence-corrected chi connectivity index (χ3v) is 3.69. The molecule has 23 heavy (non-hydrogen) atoms. The van der Waals surface area contributed by atoms with E-state index in [1.165, 1.54) is 0 Å². The highest BCUT2D eigenvalue weighted by Gasteiger charge is 2.12. The molecule has 2 rings (SSSR count). The average Bonchev–Trinajstić information content (AvgIpc) is 2.81. The highest BCUT2D eigenvalue weighted by molar-refractivity contribution is 14.0. The summed E-state index contributed by atoms with van der Waals surface area (Å²) >= 11 is 0. The van der Waals surface area contributed by atoms with Gasteiger partial charge in [-0.25, -0.2) is 9.67 Å². The molecular formula is C17H26IN5. The van der Waals surface area contributed by atoms with Crippen molar-refractivity contribution in [2.75, 3.05) is 6.54 Å². The van der Waals surface area contributed by atoms with Gasteiger partial charge in [-0.3, -0.25) is 0 Å². The number of aliphatic imine (C=N–C) groups is 1. The van der Waals surface area contributed by atoms with Crippen molar-refractivity contribution in [3.8, 4) is 5.69 Å². The smallest absolute Gasteiger partial charge is 0.188 e. The van der Waals surface area contributed by atoms with E-state index in [-0.39, 0.29) is 24.0 Å². The van der Waals surface area contributed by atoms with Crippen molar-refractivity contribution in [1.82, 2.24) is 15.1 Å². The summed E-state index contributed by atoms with van der Waals surface area (Å²) < 4.78 is 1.96. The first-order chi connectivity index (χ1) is 10.6. The van der Waals surface area contributed by atoms with Crippen molar-refractivity contribution in [1.29, 1.82) is 0 Å². The molecule has 1 heterocycles. The summed E-state index contributed by atoms with van der Waals surface area (Å²) in [5, 5.41) is 7.75. The van der Waals surface area contributed by atoms with Gasteiger partial charge in [-0.2, -0.15) is 5.10 Å². The SMILES string of the molecule is CCCCNC(N)=NCc1c(C)nn(-c2ccccc2)c1C.I. The summed E-state index contributed by atoms with van der Waals surface area (Å²) in [5.41, 5.74) is 10.2. The summed E-state index contributed by atoms with van der Waals surface area (Å²) in [6, 6.07) is 10.1.